The number of hydrogen-bond acceptors (Lipinski definition) is 2. The fourth-order valence-corrected chi connectivity index (χ4v) is 1.75. The number of carbonyl (C=O) groups excluding carboxylic acids is 1. The summed E-state index contributed by atoms with van der Waals surface area (Å²) in [6, 6.07) is 9.59. The van der Waals surface area contributed by atoms with Gasteiger partial charge in [0.15, 0.2) is 0 Å². The van der Waals surface area contributed by atoms with Crippen molar-refractivity contribution in [2.24, 2.45) is 0 Å². The van der Waals surface area contributed by atoms with E-state index >= 15 is 0 Å². The van der Waals surface area contributed by atoms with Crippen LogP contribution in [0.4, 0.5) is 5.69 Å². The number of anilines is 1. The van der Waals surface area contributed by atoms with E-state index in [-0.39, 0.29) is 5.91 Å². The largest absolute Gasteiger partial charge is 0.326 e. The van der Waals surface area contributed by atoms with Crippen LogP contribution in [0, 0.1) is 0 Å². The SMILES string of the molecule is CCN(CC)CCCC(=O)Nc1ccccc1. The summed E-state index contributed by atoms with van der Waals surface area (Å²) in [5, 5.41) is 2.89. The first-order valence-electron chi connectivity index (χ1n) is 6.33. The number of amides is 1. The fourth-order valence-electron chi connectivity index (χ4n) is 1.75. The monoisotopic (exact) mass is 234 g/mol. The molecule has 17 heavy (non-hydrogen) atoms. The van der Waals surface area contributed by atoms with Gasteiger partial charge in [0, 0.05) is 12.1 Å². The molecule has 0 aliphatic rings. The molecule has 0 spiro atoms. The summed E-state index contributed by atoms with van der Waals surface area (Å²) in [5.41, 5.74) is 0.875. The van der Waals surface area contributed by atoms with Gasteiger partial charge in [-0.15, -0.1) is 0 Å². The van der Waals surface area contributed by atoms with Gasteiger partial charge < -0.3 is 10.2 Å². The van der Waals surface area contributed by atoms with Crippen LogP contribution in [-0.2, 0) is 4.79 Å². The van der Waals surface area contributed by atoms with Gasteiger partial charge in [0.25, 0.3) is 0 Å². The Hall–Kier alpha value is -1.35. The van der Waals surface area contributed by atoms with E-state index in [0.29, 0.717) is 6.42 Å². The molecule has 0 bridgehead atoms. The maximum atomic E-state index is 11.6. The molecule has 1 N–H and O–H groups in total. The molecule has 0 atom stereocenters. The molecule has 1 aromatic carbocycles. The Balaban J connectivity index is 2.22. The topological polar surface area (TPSA) is 32.3 Å². The lowest BCUT2D eigenvalue weighted by Gasteiger charge is -2.17. The smallest absolute Gasteiger partial charge is 0.224 e. The summed E-state index contributed by atoms with van der Waals surface area (Å²) in [6.07, 6.45) is 1.51. The minimum absolute atomic E-state index is 0.100. The van der Waals surface area contributed by atoms with Crippen molar-refractivity contribution in [1.82, 2.24) is 4.90 Å². The quantitative estimate of drug-likeness (QED) is 0.786. The van der Waals surface area contributed by atoms with Gasteiger partial charge in [-0.05, 0) is 38.2 Å². The normalized spacial score (nSPS) is 10.5. The van der Waals surface area contributed by atoms with Crippen LogP contribution >= 0.6 is 0 Å². The average molecular weight is 234 g/mol. The zero-order valence-corrected chi connectivity index (χ0v) is 10.8. The Labute approximate surface area is 104 Å². The van der Waals surface area contributed by atoms with Crippen LogP contribution in [0.5, 0.6) is 0 Å². The van der Waals surface area contributed by atoms with E-state index in [2.05, 4.69) is 24.1 Å². The number of nitrogens with zero attached hydrogens (tertiary/aromatic N) is 1. The molecule has 0 saturated heterocycles. The molecule has 0 unspecified atom stereocenters. The van der Waals surface area contributed by atoms with Gasteiger partial charge in [-0.3, -0.25) is 4.79 Å². The lowest BCUT2D eigenvalue weighted by Crippen LogP contribution is -2.25. The number of hydrogen-bond donors (Lipinski definition) is 1. The summed E-state index contributed by atoms with van der Waals surface area (Å²) < 4.78 is 0. The van der Waals surface area contributed by atoms with Gasteiger partial charge >= 0.3 is 0 Å². The summed E-state index contributed by atoms with van der Waals surface area (Å²) in [4.78, 5) is 14.0. The number of nitrogens with one attached hydrogen (secondary N) is 1. The molecule has 0 aromatic heterocycles. The second kappa shape index (κ2) is 7.85. The zero-order chi connectivity index (χ0) is 12.5. The van der Waals surface area contributed by atoms with Gasteiger partial charge in [0.2, 0.25) is 5.91 Å². The van der Waals surface area contributed by atoms with E-state index in [4.69, 9.17) is 0 Å². The van der Waals surface area contributed by atoms with Gasteiger partial charge in [0.05, 0.1) is 0 Å². The molecular weight excluding hydrogens is 212 g/mol. The summed E-state index contributed by atoms with van der Waals surface area (Å²) in [7, 11) is 0. The minimum atomic E-state index is 0.100. The Morgan fingerprint density at radius 1 is 1.18 bits per heavy atom. The third-order valence-corrected chi connectivity index (χ3v) is 2.83. The fraction of sp³-hybridized carbons (Fsp3) is 0.500. The standard InChI is InChI=1S/C14H22N2O/c1-3-16(4-2)12-8-11-14(17)15-13-9-6-5-7-10-13/h5-7,9-10H,3-4,8,11-12H2,1-2H3,(H,15,17). The molecule has 94 valence electrons. The van der Waals surface area contributed by atoms with Crippen LogP contribution in [-0.4, -0.2) is 30.4 Å². The molecule has 0 radical (unpaired) electrons. The van der Waals surface area contributed by atoms with Gasteiger partial charge in [-0.2, -0.15) is 0 Å². The Morgan fingerprint density at radius 3 is 2.41 bits per heavy atom. The molecule has 0 aliphatic carbocycles. The van der Waals surface area contributed by atoms with Crippen molar-refractivity contribution in [3.05, 3.63) is 30.3 Å². The molecule has 3 heteroatoms. The minimum Gasteiger partial charge on any atom is -0.326 e. The predicted molar refractivity (Wildman–Crippen MR) is 72.1 cm³/mol. The van der Waals surface area contributed by atoms with E-state index in [9.17, 15) is 4.79 Å². The van der Waals surface area contributed by atoms with E-state index in [1.54, 1.807) is 0 Å². The summed E-state index contributed by atoms with van der Waals surface area (Å²) in [6.45, 7) is 7.39. The lowest BCUT2D eigenvalue weighted by atomic mass is 10.2. The van der Waals surface area contributed by atoms with Crippen molar-refractivity contribution in [1.29, 1.82) is 0 Å². The second-order valence-corrected chi connectivity index (χ2v) is 4.04. The Kier molecular flexibility index (Phi) is 6.33. The molecule has 0 saturated carbocycles. The van der Waals surface area contributed by atoms with Gasteiger partial charge in [0.1, 0.15) is 0 Å². The molecule has 3 nitrogen and oxygen atoms in total. The molecular formula is C14H22N2O. The highest BCUT2D eigenvalue weighted by Crippen LogP contribution is 2.06. The van der Waals surface area contributed by atoms with Crippen LogP contribution in [0.15, 0.2) is 30.3 Å². The maximum Gasteiger partial charge on any atom is 0.224 e. The molecule has 0 heterocycles. The van der Waals surface area contributed by atoms with E-state index in [1.165, 1.54) is 0 Å². The highest BCUT2D eigenvalue weighted by atomic mass is 16.1. The van der Waals surface area contributed by atoms with Crippen molar-refractivity contribution in [2.75, 3.05) is 25.0 Å². The average Bonchev–Trinajstić information content (AvgIpc) is 2.36. The van der Waals surface area contributed by atoms with Gasteiger partial charge in [-0.1, -0.05) is 32.0 Å². The number of rotatable bonds is 7. The first-order valence-corrected chi connectivity index (χ1v) is 6.33. The number of benzene rings is 1. The van der Waals surface area contributed by atoms with Gasteiger partial charge in [-0.25, -0.2) is 0 Å². The maximum absolute atomic E-state index is 11.6. The molecule has 1 aromatic rings. The third kappa shape index (κ3) is 5.50. The van der Waals surface area contributed by atoms with Crippen molar-refractivity contribution in [3.63, 3.8) is 0 Å². The molecule has 1 amide bonds. The second-order valence-electron chi connectivity index (χ2n) is 4.04. The van der Waals surface area contributed by atoms with Crippen LogP contribution in [0.2, 0.25) is 0 Å². The first kappa shape index (κ1) is 13.7. The van der Waals surface area contributed by atoms with E-state index < -0.39 is 0 Å². The number of para-hydroxylation sites is 1. The Bertz CT molecular complexity index is 320. The number of carbonyl (C=O) groups is 1. The van der Waals surface area contributed by atoms with E-state index in [0.717, 1.165) is 31.7 Å². The van der Waals surface area contributed by atoms with E-state index in [1.807, 2.05) is 30.3 Å². The first-order chi connectivity index (χ1) is 8.26. The third-order valence-electron chi connectivity index (χ3n) is 2.83. The van der Waals surface area contributed by atoms with Crippen LogP contribution in [0.25, 0.3) is 0 Å². The van der Waals surface area contributed by atoms with Crippen LogP contribution < -0.4 is 5.32 Å². The summed E-state index contributed by atoms with van der Waals surface area (Å²) in [5.74, 6) is 0.100. The lowest BCUT2D eigenvalue weighted by molar-refractivity contribution is -0.116. The Morgan fingerprint density at radius 2 is 1.82 bits per heavy atom. The summed E-state index contributed by atoms with van der Waals surface area (Å²) >= 11 is 0. The molecule has 1 rings (SSSR count). The molecule has 0 fully saturated rings. The predicted octanol–water partition coefficient (Wildman–Crippen LogP) is 2.75. The van der Waals surface area contributed by atoms with Crippen molar-refractivity contribution in [3.8, 4) is 0 Å². The zero-order valence-electron chi connectivity index (χ0n) is 10.8. The van der Waals surface area contributed by atoms with Crippen molar-refractivity contribution >= 4 is 11.6 Å². The van der Waals surface area contributed by atoms with Crippen LogP contribution in [0.3, 0.4) is 0 Å². The highest BCUT2D eigenvalue weighted by molar-refractivity contribution is 5.90. The molecule has 0 aliphatic heterocycles. The van der Waals surface area contributed by atoms with Crippen molar-refractivity contribution in [2.45, 2.75) is 26.7 Å². The highest BCUT2D eigenvalue weighted by Gasteiger charge is 2.03. The van der Waals surface area contributed by atoms with Crippen LogP contribution in [0.1, 0.15) is 26.7 Å². The van der Waals surface area contributed by atoms with Crippen molar-refractivity contribution < 1.29 is 4.79 Å².